The molecule has 9 heteroatoms. The number of aryl methyl sites for hydroxylation is 1. The van der Waals surface area contributed by atoms with E-state index in [1.54, 1.807) is 24.5 Å². The van der Waals surface area contributed by atoms with Crippen LogP contribution in [0.5, 0.6) is 0 Å². The Morgan fingerprint density at radius 2 is 2.06 bits per heavy atom. The van der Waals surface area contributed by atoms with Gasteiger partial charge in [-0.15, -0.1) is 0 Å². The van der Waals surface area contributed by atoms with Gasteiger partial charge >= 0.3 is 0 Å². The number of carbonyl (C=O) groups excluding carboxylic acids is 1. The number of aliphatic hydroxyl groups excluding tert-OH is 1. The van der Waals surface area contributed by atoms with Crippen LogP contribution in [-0.2, 0) is 19.7 Å². The van der Waals surface area contributed by atoms with E-state index in [1.807, 2.05) is 30.2 Å². The SMILES string of the molecule is Cc1ccc(Nc2ncc3c(n2)CN([C@@H]2CCN(C(=O)c4ccnc(CO)c4)[C@H](C)C2)C3)cn1. The van der Waals surface area contributed by atoms with Crippen molar-refractivity contribution < 1.29 is 9.90 Å². The van der Waals surface area contributed by atoms with E-state index in [-0.39, 0.29) is 18.6 Å². The predicted molar refractivity (Wildman–Crippen MR) is 127 cm³/mol. The van der Waals surface area contributed by atoms with Crippen LogP contribution in [0.15, 0.2) is 42.9 Å². The highest BCUT2D eigenvalue weighted by molar-refractivity contribution is 5.94. The van der Waals surface area contributed by atoms with Gasteiger partial charge in [-0.25, -0.2) is 9.97 Å². The zero-order chi connectivity index (χ0) is 23.7. The van der Waals surface area contributed by atoms with Crippen LogP contribution in [0.1, 0.15) is 52.8 Å². The Labute approximate surface area is 198 Å². The van der Waals surface area contributed by atoms with Gasteiger partial charge in [0.25, 0.3) is 5.91 Å². The minimum atomic E-state index is -0.170. The number of hydrogen-bond donors (Lipinski definition) is 2. The van der Waals surface area contributed by atoms with Crippen molar-refractivity contribution in [3.8, 4) is 0 Å². The van der Waals surface area contributed by atoms with Crippen LogP contribution in [-0.4, -0.2) is 59.4 Å². The molecule has 5 heterocycles. The van der Waals surface area contributed by atoms with Crippen LogP contribution in [0.4, 0.5) is 11.6 Å². The number of anilines is 2. The molecule has 2 aliphatic heterocycles. The maximum atomic E-state index is 13.1. The second-order valence-corrected chi connectivity index (χ2v) is 9.10. The summed E-state index contributed by atoms with van der Waals surface area (Å²) in [5, 5.41) is 12.6. The minimum absolute atomic E-state index is 0.0000589. The minimum Gasteiger partial charge on any atom is -0.390 e. The van der Waals surface area contributed by atoms with E-state index in [2.05, 4.69) is 32.1 Å². The zero-order valence-electron chi connectivity index (χ0n) is 19.5. The number of pyridine rings is 2. The molecule has 0 spiro atoms. The van der Waals surface area contributed by atoms with Gasteiger partial charge in [0.15, 0.2) is 0 Å². The number of aromatic nitrogens is 4. The van der Waals surface area contributed by atoms with E-state index >= 15 is 0 Å². The van der Waals surface area contributed by atoms with Crippen molar-refractivity contribution in [2.75, 3.05) is 11.9 Å². The number of likely N-dealkylation sites (tertiary alicyclic amines) is 1. The van der Waals surface area contributed by atoms with Gasteiger partial charge in [0.2, 0.25) is 5.95 Å². The van der Waals surface area contributed by atoms with Crippen molar-refractivity contribution in [1.29, 1.82) is 0 Å². The van der Waals surface area contributed by atoms with Crippen molar-refractivity contribution in [2.24, 2.45) is 0 Å². The van der Waals surface area contributed by atoms with Crippen LogP contribution in [0, 0.1) is 6.92 Å². The normalized spacial score (nSPS) is 20.3. The third kappa shape index (κ3) is 4.62. The molecular formula is C25H29N7O2. The molecule has 2 atom stereocenters. The highest BCUT2D eigenvalue weighted by Gasteiger charge is 2.35. The highest BCUT2D eigenvalue weighted by atomic mass is 16.3. The van der Waals surface area contributed by atoms with Crippen LogP contribution < -0.4 is 5.32 Å². The summed E-state index contributed by atoms with van der Waals surface area (Å²) in [6, 6.07) is 7.83. The topological polar surface area (TPSA) is 107 Å². The quantitative estimate of drug-likeness (QED) is 0.600. The number of amides is 1. The van der Waals surface area contributed by atoms with Crippen LogP contribution >= 0.6 is 0 Å². The second-order valence-electron chi connectivity index (χ2n) is 9.10. The number of piperidine rings is 1. The Hall–Kier alpha value is -3.43. The molecule has 176 valence electrons. The van der Waals surface area contributed by atoms with Gasteiger partial charge in [-0.1, -0.05) is 0 Å². The van der Waals surface area contributed by atoms with Crippen LogP contribution in [0.2, 0.25) is 0 Å². The van der Waals surface area contributed by atoms with Crippen molar-refractivity contribution in [2.45, 2.75) is 58.5 Å². The molecule has 1 saturated heterocycles. The van der Waals surface area contributed by atoms with Gasteiger partial charge in [-0.2, -0.15) is 0 Å². The maximum Gasteiger partial charge on any atom is 0.254 e. The lowest BCUT2D eigenvalue weighted by molar-refractivity contribution is 0.0460. The lowest BCUT2D eigenvalue weighted by Gasteiger charge is -2.41. The molecule has 0 radical (unpaired) electrons. The summed E-state index contributed by atoms with van der Waals surface area (Å²) in [6.07, 6.45) is 7.10. The summed E-state index contributed by atoms with van der Waals surface area (Å²) in [7, 11) is 0. The third-order valence-electron chi connectivity index (χ3n) is 6.70. The van der Waals surface area contributed by atoms with Crippen molar-refractivity contribution in [3.05, 3.63) is 71.1 Å². The third-order valence-corrected chi connectivity index (χ3v) is 6.70. The number of nitrogens with zero attached hydrogens (tertiary/aromatic N) is 6. The molecule has 2 aliphatic rings. The maximum absolute atomic E-state index is 13.1. The molecule has 9 nitrogen and oxygen atoms in total. The lowest BCUT2D eigenvalue weighted by atomic mass is 9.96. The number of nitrogens with one attached hydrogen (secondary N) is 1. The predicted octanol–water partition coefficient (Wildman–Crippen LogP) is 2.82. The Bertz CT molecular complexity index is 1180. The van der Waals surface area contributed by atoms with Crippen LogP contribution in [0.25, 0.3) is 0 Å². The summed E-state index contributed by atoms with van der Waals surface area (Å²) >= 11 is 0. The van der Waals surface area contributed by atoms with Gasteiger partial charge in [-0.05, 0) is 51.0 Å². The molecule has 0 unspecified atom stereocenters. The van der Waals surface area contributed by atoms with E-state index in [1.165, 1.54) is 0 Å². The first kappa shape index (κ1) is 22.4. The largest absolute Gasteiger partial charge is 0.390 e. The smallest absolute Gasteiger partial charge is 0.254 e. The molecule has 3 aromatic heterocycles. The van der Waals surface area contributed by atoms with E-state index in [4.69, 9.17) is 4.98 Å². The van der Waals surface area contributed by atoms with E-state index in [9.17, 15) is 9.90 Å². The van der Waals surface area contributed by atoms with Gasteiger partial charge in [-0.3, -0.25) is 19.7 Å². The van der Waals surface area contributed by atoms with E-state index in [0.717, 1.165) is 48.6 Å². The average Bonchev–Trinajstić information content (AvgIpc) is 3.28. The zero-order valence-corrected chi connectivity index (χ0v) is 19.5. The number of rotatable bonds is 5. The molecule has 34 heavy (non-hydrogen) atoms. The van der Waals surface area contributed by atoms with Crippen molar-refractivity contribution in [3.63, 3.8) is 0 Å². The fourth-order valence-electron chi connectivity index (χ4n) is 4.81. The Morgan fingerprint density at radius 3 is 2.82 bits per heavy atom. The van der Waals surface area contributed by atoms with Crippen molar-refractivity contribution >= 4 is 17.5 Å². The Balaban J connectivity index is 1.21. The second kappa shape index (κ2) is 9.44. The Kier molecular flexibility index (Phi) is 6.21. The summed E-state index contributed by atoms with van der Waals surface area (Å²) in [5.74, 6) is 0.583. The lowest BCUT2D eigenvalue weighted by Crippen LogP contribution is -2.50. The fourth-order valence-corrected chi connectivity index (χ4v) is 4.81. The Morgan fingerprint density at radius 1 is 1.18 bits per heavy atom. The van der Waals surface area contributed by atoms with E-state index in [0.29, 0.717) is 29.8 Å². The van der Waals surface area contributed by atoms with Gasteiger partial charge in [0.1, 0.15) is 0 Å². The first-order valence-corrected chi connectivity index (χ1v) is 11.7. The molecular weight excluding hydrogens is 430 g/mol. The molecule has 0 aromatic carbocycles. The summed E-state index contributed by atoms with van der Waals surface area (Å²) in [6.45, 7) is 6.21. The first-order chi connectivity index (χ1) is 16.5. The van der Waals surface area contributed by atoms with Gasteiger partial charge in [0.05, 0.1) is 29.9 Å². The van der Waals surface area contributed by atoms with Crippen LogP contribution in [0.3, 0.4) is 0 Å². The fraction of sp³-hybridized carbons (Fsp3) is 0.400. The number of carbonyl (C=O) groups is 1. The van der Waals surface area contributed by atoms with E-state index < -0.39 is 0 Å². The number of hydrogen-bond acceptors (Lipinski definition) is 8. The summed E-state index contributed by atoms with van der Waals surface area (Å²) < 4.78 is 0. The molecule has 5 rings (SSSR count). The average molecular weight is 460 g/mol. The first-order valence-electron chi connectivity index (χ1n) is 11.7. The molecule has 3 aromatic rings. The van der Waals surface area contributed by atoms with Gasteiger partial charge in [0, 0.05) is 60.9 Å². The summed E-state index contributed by atoms with van der Waals surface area (Å²) in [4.78, 5) is 35.1. The number of aliphatic hydroxyl groups is 1. The van der Waals surface area contributed by atoms with Crippen molar-refractivity contribution in [1.82, 2.24) is 29.7 Å². The molecule has 1 amide bonds. The summed E-state index contributed by atoms with van der Waals surface area (Å²) in [5.41, 5.74) is 5.14. The number of fused-ring (bicyclic) bond motifs is 1. The highest BCUT2D eigenvalue weighted by Crippen LogP contribution is 2.30. The molecule has 1 fully saturated rings. The molecule has 0 bridgehead atoms. The standard InChI is InChI=1S/C25H29N7O2/c1-16-3-4-20(12-27-16)29-25-28-11-19-13-31(14-23(19)30-25)22-6-8-32(17(2)9-22)24(34)18-5-7-26-21(10-18)15-33/h3-5,7,10-12,17,22,33H,6,8-9,13-15H2,1-2H3,(H,28,29,30)/t17-,22-/m1/s1. The van der Waals surface area contributed by atoms with Gasteiger partial charge < -0.3 is 15.3 Å². The molecule has 0 saturated carbocycles. The molecule has 2 N–H and O–H groups in total. The molecule has 0 aliphatic carbocycles. The monoisotopic (exact) mass is 459 g/mol.